The first-order chi connectivity index (χ1) is 6.54. The van der Waals surface area contributed by atoms with Gasteiger partial charge in [-0.05, 0) is 24.6 Å². The van der Waals surface area contributed by atoms with E-state index in [9.17, 15) is 14.7 Å². The highest BCUT2D eigenvalue weighted by molar-refractivity contribution is 5.97. The molecule has 1 amide bonds. The molecule has 0 spiro atoms. The van der Waals surface area contributed by atoms with Crippen LogP contribution < -0.4 is 5.32 Å². The lowest BCUT2D eigenvalue weighted by atomic mass is 10.1. The molecule has 0 heterocycles. The zero-order valence-electron chi connectivity index (χ0n) is 8.00. The van der Waals surface area contributed by atoms with Gasteiger partial charge in [0.15, 0.2) is 6.29 Å². The maximum absolute atomic E-state index is 10.8. The molecule has 1 rings (SSSR count). The Morgan fingerprint density at radius 1 is 1.50 bits per heavy atom. The number of hydrogen-bond donors (Lipinski definition) is 2. The standard InChI is InChI=1S/C10H11NO3/c1-6-3-9(11-7(2)13)8(5-12)10(14)4-6/h3-5,14H,1-2H3,(H,11,13). The Morgan fingerprint density at radius 2 is 2.14 bits per heavy atom. The molecule has 1 aromatic rings. The van der Waals surface area contributed by atoms with E-state index in [2.05, 4.69) is 5.32 Å². The summed E-state index contributed by atoms with van der Waals surface area (Å²) in [6.45, 7) is 3.10. The smallest absolute Gasteiger partial charge is 0.221 e. The molecule has 74 valence electrons. The van der Waals surface area contributed by atoms with Crippen LogP contribution in [0.2, 0.25) is 0 Å². The van der Waals surface area contributed by atoms with Crippen molar-refractivity contribution < 1.29 is 14.7 Å². The molecule has 14 heavy (non-hydrogen) atoms. The van der Waals surface area contributed by atoms with Gasteiger partial charge >= 0.3 is 0 Å². The SMILES string of the molecule is CC(=O)Nc1cc(C)cc(O)c1C=O. The lowest BCUT2D eigenvalue weighted by molar-refractivity contribution is -0.114. The number of carbonyl (C=O) groups is 2. The number of anilines is 1. The molecule has 0 bridgehead atoms. The Morgan fingerprint density at radius 3 is 2.64 bits per heavy atom. The van der Waals surface area contributed by atoms with Crippen LogP contribution in [0, 0.1) is 6.92 Å². The zero-order chi connectivity index (χ0) is 10.7. The van der Waals surface area contributed by atoms with Crippen LogP contribution in [0.1, 0.15) is 22.8 Å². The molecule has 0 aliphatic rings. The van der Waals surface area contributed by atoms with Crippen LogP contribution in [-0.2, 0) is 4.79 Å². The third kappa shape index (κ3) is 2.10. The topological polar surface area (TPSA) is 66.4 Å². The van der Waals surface area contributed by atoms with E-state index >= 15 is 0 Å². The molecule has 0 aliphatic heterocycles. The van der Waals surface area contributed by atoms with Crippen molar-refractivity contribution in [3.63, 3.8) is 0 Å². The molecule has 0 aromatic heterocycles. The van der Waals surface area contributed by atoms with Crippen molar-refractivity contribution in [2.75, 3.05) is 5.32 Å². The van der Waals surface area contributed by atoms with Crippen molar-refractivity contribution in [1.82, 2.24) is 0 Å². The molecule has 0 saturated heterocycles. The van der Waals surface area contributed by atoms with E-state index in [4.69, 9.17) is 0 Å². The second-order valence-electron chi connectivity index (χ2n) is 3.04. The number of rotatable bonds is 2. The molecule has 4 heteroatoms. The van der Waals surface area contributed by atoms with E-state index in [0.29, 0.717) is 12.0 Å². The largest absolute Gasteiger partial charge is 0.507 e. The van der Waals surface area contributed by atoms with Crippen LogP contribution in [0.15, 0.2) is 12.1 Å². The second kappa shape index (κ2) is 3.91. The highest BCUT2D eigenvalue weighted by atomic mass is 16.3. The van der Waals surface area contributed by atoms with E-state index in [1.807, 2.05) is 0 Å². The highest BCUT2D eigenvalue weighted by Crippen LogP contribution is 2.25. The Kier molecular flexibility index (Phi) is 2.86. The van der Waals surface area contributed by atoms with Crippen molar-refractivity contribution in [2.24, 2.45) is 0 Å². The number of aldehydes is 1. The molecule has 0 unspecified atom stereocenters. The number of benzene rings is 1. The molecule has 0 aliphatic carbocycles. The molecule has 0 fully saturated rings. The predicted molar refractivity (Wildman–Crippen MR) is 52.5 cm³/mol. The van der Waals surface area contributed by atoms with Gasteiger partial charge in [-0.1, -0.05) is 0 Å². The average Bonchev–Trinajstić information content (AvgIpc) is 2.01. The van der Waals surface area contributed by atoms with Gasteiger partial charge in [0.2, 0.25) is 5.91 Å². The van der Waals surface area contributed by atoms with E-state index in [-0.39, 0.29) is 17.2 Å². The van der Waals surface area contributed by atoms with Crippen molar-refractivity contribution in [1.29, 1.82) is 0 Å². The maximum Gasteiger partial charge on any atom is 0.221 e. The van der Waals surface area contributed by atoms with Crippen molar-refractivity contribution in [3.05, 3.63) is 23.3 Å². The minimum atomic E-state index is -0.280. The Bertz CT molecular complexity index is 385. The third-order valence-corrected chi connectivity index (χ3v) is 1.73. The number of phenols is 1. The molecular formula is C10H11NO3. The van der Waals surface area contributed by atoms with Crippen LogP contribution in [0.5, 0.6) is 5.75 Å². The molecule has 0 radical (unpaired) electrons. The normalized spacial score (nSPS) is 9.57. The van der Waals surface area contributed by atoms with Gasteiger partial charge in [-0.25, -0.2) is 0 Å². The molecule has 1 aromatic carbocycles. The van der Waals surface area contributed by atoms with Gasteiger partial charge in [0, 0.05) is 6.92 Å². The summed E-state index contributed by atoms with van der Waals surface area (Å²) in [5, 5.41) is 11.9. The van der Waals surface area contributed by atoms with Crippen LogP contribution in [-0.4, -0.2) is 17.3 Å². The average molecular weight is 193 g/mol. The van der Waals surface area contributed by atoms with Crippen LogP contribution in [0.3, 0.4) is 0 Å². The third-order valence-electron chi connectivity index (χ3n) is 1.73. The summed E-state index contributed by atoms with van der Waals surface area (Å²) >= 11 is 0. The molecule has 4 nitrogen and oxygen atoms in total. The maximum atomic E-state index is 10.8. The summed E-state index contributed by atoms with van der Waals surface area (Å²) in [6, 6.07) is 3.10. The van der Waals surface area contributed by atoms with Gasteiger partial charge in [-0.2, -0.15) is 0 Å². The van der Waals surface area contributed by atoms with Crippen molar-refractivity contribution >= 4 is 17.9 Å². The lowest BCUT2D eigenvalue weighted by Crippen LogP contribution is -2.08. The first-order valence-electron chi connectivity index (χ1n) is 4.11. The summed E-state index contributed by atoms with van der Waals surface area (Å²) in [5.41, 5.74) is 1.22. The monoisotopic (exact) mass is 193 g/mol. The minimum Gasteiger partial charge on any atom is -0.507 e. The summed E-state index contributed by atoms with van der Waals surface area (Å²) < 4.78 is 0. The molecule has 0 atom stereocenters. The Hall–Kier alpha value is -1.84. The van der Waals surface area contributed by atoms with Crippen molar-refractivity contribution in [2.45, 2.75) is 13.8 Å². The fourth-order valence-electron chi connectivity index (χ4n) is 1.20. The Balaban J connectivity index is 3.24. The van der Waals surface area contributed by atoms with Gasteiger partial charge in [-0.3, -0.25) is 9.59 Å². The number of amides is 1. The van der Waals surface area contributed by atoms with E-state index in [1.54, 1.807) is 13.0 Å². The number of nitrogens with one attached hydrogen (secondary N) is 1. The number of phenolic OH excluding ortho intramolecular Hbond substituents is 1. The van der Waals surface area contributed by atoms with Gasteiger partial charge in [0.05, 0.1) is 11.3 Å². The highest BCUT2D eigenvalue weighted by Gasteiger charge is 2.08. The summed E-state index contributed by atoms with van der Waals surface area (Å²) in [6.07, 6.45) is 0.514. The first-order valence-corrected chi connectivity index (χ1v) is 4.11. The predicted octanol–water partition coefficient (Wildman–Crippen LogP) is 1.47. The molecule has 2 N–H and O–H groups in total. The van der Waals surface area contributed by atoms with Crippen LogP contribution in [0.4, 0.5) is 5.69 Å². The minimum absolute atomic E-state index is 0.103. The first kappa shape index (κ1) is 10.2. The fourth-order valence-corrected chi connectivity index (χ4v) is 1.20. The van der Waals surface area contributed by atoms with Gasteiger partial charge < -0.3 is 10.4 Å². The van der Waals surface area contributed by atoms with E-state index in [1.165, 1.54) is 13.0 Å². The quantitative estimate of drug-likeness (QED) is 0.699. The zero-order valence-corrected chi connectivity index (χ0v) is 8.00. The second-order valence-corrected chi connectivity index (χ2v) is 3.04. The van der Waals surface area contributed by atoms with Crippen molar-refractivity contribution in [3.8, 4) is 5.75 Å². The number of hydrogen-bond acceptors (Lipinski definition) is 3. The van der Waals surface area contributed by atoms with E-state index < -0.39 is 0 Å². The number of carbonyl (C=O) groups excluding carboxylic acids is 2. The lowest BCUT2D eigenvalue weighted by Gasteiger charge is -2.08. The summed E-state index contributed by atoms with van der Waals surface area (Å²) in [4.78, 5) is 21.4. The van der Waals surface area contributed by atoms with Crippen LogP contribution >= 0.6 is 0 Å². The van der Waals surface area contributed by atoms with Gasteiger partial charge in [0.1, 0.15) is 5.75 Å². The number of aromatic hydroxyl groups is 1. The van der Waals surface area contributed by atoms with Gasteiger partial charge in [-0.15, -0.1) is 0 Å². The fraction of sp³-hybridized carbons (Fsp3) is 0.200. The summed E-state index contributed by atoms with van der Waals surface area (Å²) in [7, 11) is 0. The van der Waals surface area contributed by atoms with Crippen LogP contribution in [0.25, 0.3) is 0 Å². The number of aryl methyl sites for hydroxylation is 1. The van der Waals surface area contributed by atoms with Gasteiger partial charge in [0.25, 0.3) is 0 Å². The molecular weight excluding hydrogens is 182 g/mol. The molecule has 0 saturated carbocycles. The van der Waals surface area contributed by atoms with E-state index in [0.717, 1.165) is 5.56 Å². The Labute approximate surface area is 81.6 Å². The summed E-state index contributed by atoms with van der Waals surface area (Å²) in [5.74, 6) is -0.401.